The minimum atomic E-state index is -0.334. The fraction of sp³-hybridized carbons (Fsp3) is 0.533. The van der Waals surface area contributed by atoms with Crippen LogP contribution in [0, 0.1) is 11.7 Å². The molecule has 0 aliphatic heterocycles. The largest absolute Gasteiger partial charge is 0.355 e. The SMILES string of the molecule is CC(Cc1ccc(F)cc1Cl)NCC(=O)NCC1CC1. The van der Waals surface area contributed by atoms with Gasteiger partial charge in [0.25, 0.3) is 0 Å². The van der Waals surface area contributed by atoms with Crippen LogP contribution in [0.4, 0.5) is 4.39 Å². The minimum absolute atomic E-state index is 0.0222. The molecular formula is C15H20ClFN2O. The first-order valence-corrected chi connectivity index (χ1v) is 7.36. The molecule has 1 unspecified atom stereocenters. The highest BCUT2D eigenvalue weighted by Gasteiger charge is 2.21. The van der Waals surface area contributed by atoms with E-state index in [0.717, 1.165) is 12.1 Å². The molecule has 1 amide bonds. The molecule has 0 spiro atoms. The number of halogens is 2. The van der Waals surface area contributed by atoms with Gasteiger partial charge in [-0.25, -0.2) is 4.39 Å². The van der Waals surface area contributed by atoms with Gasteiger partial charge < -0.3 is 10.6 Å². The second kappa shape index (κ2) is 7.04. The Labute approximate surface area is 123 Å². The van der Waals surface area contributed by atoms with E-state index < -0.39 is 0 Å². The molecule has 20 heavy (non-hydrogen) atoms. The first-order valence-electron chi connectivity index (χ1n) is 6.98. The molecule has 1 saturated carbocycles. The molecular weight excluding hydrogens is 279 g/mol. The lowest BCUT2D eigenvalue weighted by atomic mass is 10.1. The zero-order valence-corrected chi connectivity index (χ0v) is 12.3. The van der Waals surface area contributed by atoms with Gasteiger partial charge in [0, 0.05) is 17.6 Å². The summed E-state index contributed by atoms with van der Waals surface area (Å²) in [5, 5.41) is 6.49. The van der Waals surface area contributed by atoms with Crippen molar-refractivity contribution in [2.75, 3.05) is 13.1 Å². The molecule has 3 nitrogen and oxygen atoms in total. The van der Waals surface area contributed by atoms with Gasteiger partial charge in [0.1, 0.15) is 5.82 Å². The molecule has 0 aromatic heterocycles. The van der Waals surface area contributed by atoms with E-state index in [9.17, 15) is 9.18 Å². The number of rotatable bonds is 7. The van der Waals surface area contributed by atoms with Gasteiger partial charge in [0.2, 0.25) is 5.91 Å². The zero-order valence-electron chi connectivity index (χ0n) is 11.6. The molecule has 1 aliphatic carbocycles. The minimum Gasteiger partial charge on any atom is -0.355 e. The Balaban J connectivity index is 1.71. The molecule has 1 aromatic carbocycles. The molecule has 1 aromatic rings. The van der Waals surface area contributed by atoms with Gasteiger partial charge in [0.05, 0.1) is 6.54 Å². The van der Waals surface area contributed by atoms with Crippen LogP contribution in [0.5, 0.6) is 0 Å². The summed E-state index contributed by atoms with van der Waals surface area (Å²) in [5.74, 6) is 0.377. The molecule has 2 rings (SSSR count). The Morgan fingerprint density at radius 1 is 1.50 bits per heavy atom. The van der Waals surface area contributed by atoms with Gasteiger partial charge in [-0.2, -0.15) is 0 Å². The van der Waals surface area contributed by atoms with Crippen LogP contribution in [-0.2, 0) is 11.2 Å². The normalized spacial score (nSPS) is 15.9. The maximum absolute atomic E-state index is 12.9. The van der Waals surface area contributed by atoms with Crippen LogP contribution in [0.2, 0.25) is 5.02 Å². The summed E-state index contributed by atoms with van der Waals surface area (Å²) >= 11 is 5.98. The molecule has 2 N–H and O–H groups in total. The predicted molar refractivity (Wildman–Crippen MR) is 78.3 cm³/mol. The quantitative estimate of drug-likeness (QED) is 0.812. The summed E-state index contributed by atoms with van der Waals surface area (Å²) in [5.41, 5.74) is 0.881. The molecule has 1 atom stereocenters. The van der Waals surface area contributed by atoms with Crippen molar-refractivity contribution < 1.29 is 9.18 Å². The topological polar surface area (TPSA) is 41.1 Å². The summed E-state index contributed by atoms with van der Waals surface area (Å²) in [6, 6.07) is 4.50. The van der Waals surface area contributed by atoms with Crippen LogP contribution in [0.15, 0.2) is 18.2 Å². The van der Waals surface area contributed by atoms with Crippen molar-refractivity contribution in [1.82, 2.24) is 10.6 Å². The second-order valence-electron chi connectivity index (χ2n) is 5.47. The van der Waals surface area contributed by atoms with E-state index in [1.807, 2.05) is 6.92 Å². The van der Waals surface area contributed by atoms with Crippen molar-refractivity contribution in [1.29, 1.82) is 0 Å². The number of hydrogen-bond donors (Lipinski definition) is 2. The average molecular weight is 299 g/mol. The van der Waals surface area contributed by atoms with Gasteiger partial charge in [0.15, 0.2) is 0 Å². The molecule has 0 radical (unpaired) electrons. The smallest absolute Gasteiger partial charge is 0.233 e. The Kier molecular flexibility index (Phi) is 5.38. The number of nitrogens with one attached hydrogen (secondary N) is 2. The highest BCUT2D eigenvalue weighted by molar-refractivity contribution is 6.31. The lowest BCUT2D eigenvalue weighted by Crippen LogP contribution is -2.39. The van der Waals surface area contributed by atoms with Gasteiger partial charge in [-0.3, -0.25) is 4.79 Å². The van der Waals surface area contributed by atoms with Crippen LogP contribution in [0.25, 0.3) is 0 Å². The van der Waals surface area contributed by atoms with Gasteiger partial charge in [-0.1, -0.05) is 17.7 Å². The average Bonchev–Trinajstić information content (AvgIpc) is 3.21. The number of amides is 1. The van der Waals surface area contributed by atoms with E-state index in [1.165, 1.54) is 25.0 Å². The van der Waals surface area contributed by atoms with E-state index in [4.69, 9.17) is 11.6 Å². The Hall–Kier alpha value is -1.13. The van der Waals surface area contributed by atoms with Crippen molar-refractivity contribution in [3.8, 4) is 0 Å². The van der Waals surface area contributed by atoms with Crippen LogP contribution >= 0.6 is 11.6 Å². The van der Waals surface area contributed by atoms with Crippen LogP contribution in [0.1, 0.15) is 25.3 Å². The number of carbonyl (C=O) groups is 1. The van der Waals surface area contributed by atoms with Crippen LogP contribution in [-0.4, -0.2) is 25.0 Å². The van der Waals surface area contributed by atoms with Crippen molar-refractivity contribution in [2.45, 2.75) is 32.2 Å². The van der Waals surface area contributed by atoms with E-state index in [-0.39, 0.29) is 17.8 Å². The third-order valence-corrected chi connectivity index (χ3v) is 3.79. The summed E-state index contributed by atoms with van der Waals surface area (Å²) < 4.78 is 12.9. The highest BCUT2D eigenvalue weighted by Crippen LogP contribution is 2.27. The highest BCUT2D eigenvalue weighted by atomic mass is 35.5. The van der Waals surface area contributed by atoms with E-state index >= 15 is 0 Å². The Morgan fingerprint density at radius 3 is 2.90 bits per heavy atom. The monoisotopic (exact) mass is 298 g/mol. The van der Waals surface area contributed by atoms with Crippen molar-refractivity contribution in [3.63, 3.8) is 0 Å². The molecule has 0 heterocycles. The molecule has 0 saturated heterocycles. The third-order valence-electron chi connectivity index (χ3n) is 3.44. The van der Waals surface area contributed by atoms with Crippen molar-refractivity contribution in [3.05, 3.63) is 34.6 Å². The van der Waals surface area contributed by atoms with Gasteiger partial charge >= 0.3 is 0 Å². The number of benzene rings is 1. The van der Waals surface area contributed by atoms with Crippen LogP contribution in [0.3, 0.4) is 0 Å². The van der Waals surface area contributed by atoms with Crippen LogP contribution < -0.4 is 10.6 Å². The van der Waals surface area contributed by atoms with E-state index in [2.05, 4.69) is 10.6 Å². The Bertz CT molecular complexity index is 477. The van der Waals surface area contributed by atoms with E-state index in [1.54, 1.807) is 6.07 Å². The summed E-state index contributed by atoms with van der Waals surface area (Å²) in [7, 11) is 0. The molecule has 110 valence electrons. The van der Waals surface area contributed by atoms with Gasteiger partial charge in [-0.05, 0) is 49.8 Å². The fourth-order valence-corrected chi connectivity index (χ4v) is 2.24. The molecule has 1 aliphatic rings. The standard InChI is InChI=1S/C15H20ClFN2O/c1-10(6-12-4-5-13(17)7-14(12)16)18-9-15(20)19-8-11-2-3-11/h4-5,7,10-11,18H,2-3,6,8-9H2,1H3,(H,19,20). The Morgan fingerprint density at radius 2 is 2.25 bits per heavy atom. The lowest BCUT2D eigenvalue weighted by molar-refractivity contribution is -0.120. The van der Waals surface area contributed by atoms with Crippen molar-refractivity contribution >= 4 is 17.5 Å². The zero-order chi connectivity index (χ0) is 14.5. The third kappa shape index (κ3) is 5.10. The first-order chi connectivity index (χ1) is 9.54. The summed E-state index contributed by atoms with van der Waals surface area (Å²) in [6.45, 7) is 3.07. The first kappa shape index (κ1) is 15.3. The maximum atomic E-state index is 12.9. The lowest BCUT2D eigenvalue weighted by Gasteiger charge is -2.14. The maximum Gasteiger partial charge on any atom is 0.233 e. The van der Waals surface area contributed by atoms with Gasteiger partial charge in [-0.15, -0.1) is 0 Å². The molecule has 1 fully saturated rings. The number of carbonyl (C=O) groups excluding carboxylic acids is 1. The van der Waals surface area contributed by atoms with Crippen molar-refractivity contribution in [2.24, 2.45) is 5.92 Å². The second-order valence-corrected chi connectivity index (χ2v) is 5.88. The molecule has 0 bridgehead atoms. The van der Waals surface area contributed by atoms with E-state index in [0.29, 0.717) is 23.9 Å². The fourth-order valence-electron chi connectivity index (χ4n) is 2.00. The summed E-state index contributed by atoms with van der Waals surface area (Å²) in [4.78, 5) is 11.6. The molecule has 5 heteroatoms. The summed E-state index contributed by atoms with van der Waals surface area (Å²) in [6.07, 6.45) is 3.12. The predicted octanol–water partition coefficient (Wildman–Crippen LogP) is 2.53. The number of hydrogen-bond acceptors (Lipinski definition) is 2.